The van der Waals surface area contributed by atoms with Crippen molar-refractivity contribution in [2.24, 2.45) is 5.92 Å². The second kappa shape index (κ2) is 5.50. The van der Waals surface area contributed by atoms with Gasteiger partial charge in [-0.1, -0.05) is 25.4 Å². The Morgan fingerprint density at radius 1 is 1.50 bits per heavy atom. The number of hydrogen-bond donors (Lipinski definition) is 2. The van der Waals surface area contributed by atoms with Crippen LogP contribution in [0.4, 0.5) is 11.5 Å². The lowest BCUT2D eigenvalue weighted by molar-refractivity contribution is -0.384. The van der Waals surface area contributed by atoms with E-state index in [1.54, 1.807) is 12.1 Å². The molecular weight excluding hydrogens is 280 g/mol. The van der Waals surface area contributed by atoms with Crippen LogP contribution in [0.15, 0.2) is 18.2 Å². The lowest BCUT2D eigenvalue weighted by Crippen LogP contribution is -2.00. The highest BCUT2D eigenvalue weighted by Gasteiger charge is 2.22. The maximum atomic E-state index is 11.2. The third kappa shape index (κ3) is 2.75. The summed E-state index contributed by atoms with van der Waals surface area (Å²) < 4.78 is 0. The van der Waals surface area contributed by atoms with Crippen LogP contribution in [-0.2, 0) is 6.42 Å². The largest absolute Gasteiger partial charge is 0.382 e. The average Bonchev–Trinajstić information content (AvgIpc) is 2.70. The molecule has 0 bridgehead atoms. The number of anilines is 1. The number of halogens is 1. The summed E-state index contributed by atoms with van der Waals surface area (Å²) in [4.78, 5) is 10.7. The molecule has 2 aromatic rings. The first-order chi connectivity index (χ1) is 9.40. The second-order valence-electron chi connectivity index (χ2n) is 4.98. The number of nitrogens with zero attached hydrogens (tertiary/aromatic N) is 2. The molecule has 1 heterocycles. The zero-order valence-corrected chi connectivity index (χ0v) is 11.9. The molecule has 1 aromatic carbocycles. The van der Waals surface area contributed by atoms with Gasteiger partial charge in [0.1, 0.15) is 5.82 Å². The summed E-state index contributed by atoms with van der Waals surface area (Å²) in [7, 11) is 0. The third-order valence-corrected chi connectivity index (χ3v) is 3.17. The molecule has 0 unspecified atom stereocenters. The SMILES string of the molecule is CC(C)Cc1c(N)n[nH]c1-c1ccc(Cl)cc1[N+](=O)[O-]. The summed E-state index contributed by atoms with van der Waals surface area (Å²) in [6.07, 6.45) is 0.692. The molecule has 2 rings (SSSR count). The van der Waals surface area contributed by atoms with Gasteiger partial charge in [0.25, 0.3) is 5.69 Å². The molecule has 0 aliphatic heterocycles. The van der Waals surface area contributed by atoms with E-state index in [0.717, 1.165) is 5.56 Å². The first-order valence-corrected chi connectivity index (χ1v) is 6.55. The van der Waals surface area contributed by atoms with E-state index in [9.17, 15) is 10.1 Å². The number of aromatic amines is 1. The van der Waals surface area contributed by atoms with Crippen LogP contribution in [0, 0.1) is 16.0 Å². The van der Waals surface area contributed by atoms with Gasteiger partial charge < -0.3 is 5.73 Å². The number of nitrogen functional groups attached to an aromatic ring is 1. The lowest BCUT2D eigenvalue weighted by Gasteiger charge is -2.07. The topological polar surface area (TPSA) is 97.8 Å². The predicted molar refractivity (Wildman–Crippen MR) is 78.6 cm³/mol. The van der Waals surface area contributed by atoms with Crippen molar-refractivity contribution in [1.82, 2.24) is 10.2 Å². The number of H-pyrrole nitrogens is 1. The van der Waals surface area contributed by atoms with Crippen molar-refractivity contribution in [1.29, 1.82) is 0 Å². The van der Waals surface area contributed by atoms with Crippen molar-refractivity contribution in [2.45, 2.75) is 20.3 Å². The first-order valence-electron chi connectivity index (χ1n) is 6.17. The maximum absolute atomic E-state index is 11.2. The number of nitro groups is 1. The zero-order valence-electron chi connectivity index (χ0n) is 11.2. The minimum Gasteiger partial charge on any atom is -0.382 e. The van der Waals surface area contributed by atoms with Crippen molar-refractivity contribution >= 4 is 23.1 Å². The first kappa shape index (κ1) is 14.3. The van der Waals surface area contributed by atoms with Gasteiger partial charge in [-0.2, -0.15) is 5.10 Å². The molecule has 0 saturated heterocycles. The standard InChI is InChI=1S/C13H15ClN4O2/c1-7(2)5-10-12(16-17-13(10)15)9-4-3-8(14)6-11(9)18(19)20/h3-4,6-7H,5H2,1-2H3,(H3,15,16,17). The van der Waals surface area contributed by atoms with Crippen LogP contribution in [0.1, 0.15) is 19.4 Å². The molecule has 0 atom stereocenters. The fraction of sp³-hybridized carbons (Fsp3) is 0.308. The van der Waals surface area contributed by atoms with Gasteiger partial charge in [0, 0.05) is 16.7 Å². The molecule has 0 amide bonds. The van der Waals surface area contributed by atoms with Crippen LogP contribution in [0.2, 0.25) is 5.02 Å². The van der Waals surface area contributed by atoms with Gasteiger partial charge in [-0.05, 0) is 24.5 Å². The van der Waals surface area contributed by atoms with E-state index in [-0.39, 0.29) is 5.69 Å². The normalized spacial score (nSPS) is 11.0. The molecular formula is C13H15ClN4O2. The van der Waals surface area contributed by atoms with Gasteiger partial charge >= 0.3 is 0 Å². The molecule has 0 aliphatic carbocycles. The predicted octanol–water partition coefficient (Wildman–Crippen LogP) is 3.42. The highest BCUT2D eigenvalue weighted by Crippen LogP contribution is 2.35. The molecule has 6 nitrogen and oxygen atoms in total. The van der Waals surface area contributed by atoms with Gasteiger partial charge in [0.15, 0.2) is 0 Å². The van der Waals surface area contributed by atoms with E-state index in [1.165, 1.54) is 6.07 Å². The Labute approximate surface area is 121 Å². The number of aromatic nitrogens is 2. The molecule has 20 heavy (non-hydrogen) atoms. The lowest BCUT2D eigenvalue weighted by atomic mass is 9.98. The Balaban J connectivity index is 2.60. The van der Waals surface area contributed by atoms with Crippen LogP contribution in [0.5, 0.6) is 0 Å². The van der Waals surface area contributed by atoms with E-state index in [1.807, 2.05) is 13.8 Å². The van der Waals surface area contributed by atoms with Crippen molar-refractivity contribution in [3.8, 4) is 11.3 Å². The Kier molecular flexibility index (Phi) is 3.94. The van der Waals surface area contributed by atoms with Crippen molar-refractivity contribution < 1.29 is 4.92 Å². The summed E-state index contributed by atoms with van der Waals surface area (Å²) in [5.74, 6) is 0.734. The van der Waals surface area contributed by atoms with Gasteiger partial charge in [-0.15, -0.1) is 0 Å². The average molecular weight is 295 g/mol. The van der Waals surface area contributed by atoms with Gasteiger partial charge in [-0.3, -0.25) is 15.2 Å². The molecule has 0 spiro atoms. The molecule has 0 saturated carbocycles. The molecule has 3 N–H and O–H groups in total. The summed E-state index contributed by atoms with van der Waals surface area (Å²) in [6.45, 7) is 4.10. The van der Waals surface area contributed by atoms with Gasteiger partial charge in [0.2, 0.25) is 0 Å². The monoisotopic (exact) mass is 294 g/mol. The fourth-order valence-electron chi connectivity index (χ4n) is 2.08. The van der Waals surface area contributed by atoms with Crippen molar-refractivity contribution in [2.75, 3.05) is 5.73 Å². The summed E-state index contributed by atoms with van der Waals surface area (Å²) in [5.41, 5.74) is 7.60. The van der Waals surface area contributed by atoms with Crippen molar-refractivity contribution in [3.63, 3.8) is 0 Å². The number of nitrogens with two attached hydrogens (primary N) is 1. The second-order valence-corrected chi connectivity index (χ2v) is 5.42. The molecule has 0 fully saturated rings. The summed E-state index contributed by atoms with van der Waals surface area (Å²) >= 11 is 5.82. The summed E-state index contributed by atoms with van der Waals surface area (Å²) in [6, 6.07) is 4.55. The Morgan fingerprint density at radius 3 is 2.80 bits per heavy atom. The van der Waals surface area contributed by atoms with E-state index in [2.05, 4.69) is 10.2 Å². The minimum absolute atomic E-state index is 0.0637. The number of rotatable bonds is 4. The molecule has 1 aromatic heterocycles. The van der Waals surface area contributed by atoms with Crippen LogP contribution in [0.3, 0.4) is 0 Å². The van der Waals surface area contributed by atoms with E-state index in [4.69, 9.17) is 17.3 Å². The Hall–Kier alpha value is -2.08. The zero-order chi connectivity index (χ0) is 14.9. The Bertz CT molecular complexity index is 652. The molecule has 106 valence electrons. The van der Waals surface area contributed by atoms with E-state index >= 15 is 0 Å². The molecule has 0 aliphatic rings. The number of hydrogen-bond acceptors (Lipinski definition) is 4. The van der Waals surface area contributed by atoms with Gasteiger partial charge in [-0.25, -0.2) is 0 Å². The van der Waals surface area contributed by atoms with Crippen LogP contribution >= 0.6 is 11.6 Å². The molecule has 7 heteroatoms. The minimum atomic E-state index is -0.461. The van der Waals surface area contributed by atoms with E-state index in [0.29, 0.717) is 34.4 Å². The highest BCUT2D eigenvalue weighted by molar-refractivity contribution is 6.30. The maximum Gasteiger partial charge on any atom is 0.280 e. The van der Waals surface area contributed by atoms with Crippen LogP contribution in [-0.4, -0.2) is 15.1 Å². The van der Waals surface area contributed by atoms with Gasteiger partial charge in [0.05, 0.1) is 16.2 Å². The third-order valence-electron chi connectivity index (χ3n) is 2.94. The Morgan fingerprint density at radius 2 is 2.20 bits per heavy atom. The van der Waals surface area contributed by atoms with E-state index < -0.39 is 4.92 Å². The quantitative estimate of drug-likeness (QED) is 0.666. The molecule has 0 radical (unpaired) electrons. The summed E-state index contributed by atoms with van der Waals surface area (Å²) in [5, 5.41) is 18.2. The van der Waals surface area contributed by atoms with Crippen LogP contribution < -0.4 is 5.73 Å². The number of nitrogens with one attached hydrogen (secondary N) is 1. The van der Waals surface area contributed by atoms with Crippen LogP contribution in [0.25, 0.3) is 11.3 Å². The van der Waals surface area contributed by atoms with Crippen molar-refractivity contribution in [3.05, 3.63) is 38.9 Å². The smallest absolute Gasteiger partial charge is 0.280 e. The fourth-order valence-corrected chi connectivity index (χ4v) is 2.25. The highest BCUT2D eigenvalue weighted by atomic mass is 35.5. The number of nitro benzene ring substituents is 1. The number of benzene rings is 1.